The third kappa shape index (κ3) is 2.81. The standard InChI is InChI=1S/C16H21ClN2O3/c1-18-8-9-22-13-6-7-19(10-12(13)18)16(20)15-11(17)4-3-5-14(15)21-2/h3-5,12-13H,6-10H2,1-2H3/t12-,13+/m1/s1. The third-order valence-corrected chi connectivity index (χ3v) is 4.87. The number of amides is 1. The molecule has 5 nitrogen and oxygen atoms in total. The molecule has 0 N–H and O–H groups in total. The zero-order chi connectivity index (χ0) is 15.7. The highest BCUT2D eigenvalue weighted by atomic mass is 35.5. The van der Waals surface area contributed by atoms with Gasteiger partial charge in [0.2, 0.25) is 0 Å². The molecule has 0 aliphatic carbocycles. The van der Waals surface area contributed by atoms with E-state index in [-0.39, 0.29) is 18.1 Å². The molecule has 2 heterocycles. The molecule has 0 aromatic heterocycles. The molecular formula is C16H21ClN2O3. The SMILES string of the molecule is COc1cccc(Cl)c1C(=O)N1CC[C@@H]2OCCN(C)[C@@H]2C1. The molecular weight excluding hydrogens is 304 g/mol. The van der Waals surface area contributed by atoms with Crippen LogP contribution in [0.2, 0.25) is 5.02 Å². The smallest absolute Gasteiger partial charge is 0.259 e. The van der Waals surface area contributed by atoms with Crippen molar-refractivity contribution in [2.45, 2.75) is 18.6 Å². The number of benzene rings is 1. The van der Waals surface area contributed by atoms with E-state index in [9.17, 15) is 4.79 Å². The summed E-state index contributed by atoms with van der Waals surface area (Å²) >= 11 is 6.23. The quantitative estimate of drug-likeness (QED) is 0.833. The number of halogens is 1. The summed E-state index contributed by atoms with van der Waals surface area (Å²) < 4.78 is 11.1. The fraction of sp³-hybridized carbons (Fsp3) is 0.562. The van der Waals surface area contributed by atoms with Crippen molar-refractivity contribution in [3.05, 3.63) is 28.8 Å². The van der Waals surface area contributed by atoms with E-state index in [4.69, 9.17) is 21.1 Å². The number of carbonyl (C=O) groups is 1. The fourth-order valence-electron chi connectivity index (χ4n) is 3.27. The van der Waals surface area contributed by atoms with Crippen LogP contribution in [-0.2, 0) is 4.74 Å². The van der Waals surface area contributed by atoms with Crippen molar-refractivity contribution in [1.29, 1.82) is 0 Å². The van der Waals surface area contributed by atoms with E-state index in [0.717, 1.165) is 19.6 Å². The summed E-state index contributed by atoms with van der Waals surface area (Å²) in [5.41, 5.74) is 0.449. The second-order valence-corrected chi connectivity index (χ2v) is 6.22. The van der Waals surface area contributed by atoms with Crippen molar-refractivity contribution in [3.8, 4) is 5.75 Å². The van der Waals surface area contributed by atoms with Crippen molar-refractivity contribution < 1.29 is 14.3 Å². The Morgan fingerprint density at radius 1 is 1.41 bits per heavy atom. The average Bonchev–Trinajstić information content (AvgIpc) is 2.54. The van der Waals surface area contributed by atoms with Gasteiger partial charge in [-0.25, -0.2) is 0 Å². The van der Waals surface area contributed by atoms with Gasteiger partial charge < -0.3 is 14.4 Å². The molecule has 0 unspecified atom stereocenters. The largest absolute Gasteiger partial charge is 0.496 e. The van der Waals surface area contributed by atoms with Crippen LogP contribution in [0.15, 0.2) is 18.2 Å². The molecule has 22 heavy (non-hydrogen) atoms. The Hall–Kier alpha value is -1.30. The summed E-state index contributed by atoms with van der Waals surface area (Å²) in [6.07, 6.45) is 1.07. The van der Waals surface area contributed by atoms with Gasteiger partial charge in [-0.15, -0.1) is 0 Å². The van der Waals surface area contributed by atoms with Crippen LogP contribution in [0.5, 0.6) is 5.75 Å². The molecule has 120 valence electrons. The molecule has 2 atom stereocenters. The minimum absolute atomic E-state index is 0.0696. The first-order chi connectivity index (χ1) is 10.6. The van der Waals surface area contributed by atoms with Crippen LogP contribution in [0.3, 0.4) is 0 Å². The summed E-state index contributed by atoms with van der Waals surface area (Å²) in [7, 11) is 3.64. The number of piperidine rings is 1. The molecule has 0 radical (unpaired) electrons. The molecule has 1 aromatic rings. The molecule has 0 saturated carbocycles. The first kappa shape index (κ1) is 15.6. The number of morpholine rings is 1. The Morgan fingerprint density at radius 3 is 3.00 bits per heavy atom. The topological polar surface area (TPSA) is 42.0 Å². The number of likely N-dealkylation sites (N-methyl/N-ethyl adjacent to an activating group) is 1. The van der Waals surface area contributed by atoms with Gasteiger partial charge in [-0.2, -0.15) is 0 Å². The zero-order valence-electron chi connectivity index (χ0n) is 12.9. The first-order valence-corrected chi connectivity index (χ1v) is 7.93. The minimum Gasteiger partial charge on any atom is -0.496 e. The molecule has 3 rings (SSSR count). The van der Waals surface area contributed by atoms with Crippen LogP contribution in [0.1, 0.15) is 16.8 Å². The highest BCUT2D eigenvalue weighted by Crippen LogP contribution is 2.30. The van der Waals surface area contributed by atoms with Gasteiger partial charge in [0.25, 0.3) is 5.91 Å². The number of methoxy groups -OCH3 is 1. The van der Waals surface area contributed by atoms with Crippen LogP contribution in [0.4, 0.5) is 0 Å². The van der Waals surface area contributed by atoms with E-state index in [1.807, 2.05) is 4.90 Å². The second-order valence-electron chi connectivity index (χ2n) is 5.81. The van der Waals surface area contributed by atoms with Gasteiger partial charge in [0.05, 0.1) is 30.9 Å². The van der Waals surface area contributed by atoms with Crippen LogP contribution in [-0.4, -0.2) is 68.3 Å². The van der Waals surface area contributed by atoms with Gasteiger partial charge in [-0.05, 0) is 25.6 Å². The molecule has 1 amide bonds. The Bertz CT molecular complexity index is 566. The number of carbonyl (C=O) groups excluding carboxylic acids is 1. The Kier molecular flexibility index (Phi) is 4.57. The summed E-state index contributed by atoms with van der Waals surface area (Å²) in [4.78, 5) is 17.0. The van der Waals surface area contributed by atoms with E-state index in [1.54, 1.807) is 25.3 Å². The molecule has 2 saturated heterocycles. The lowest BCUT2D eigenvalue weighted by molar-refractivity contribution is -0.0893. The monoisotopic (exact) mass is 324 g/mol. The third-order valence-electron chi connectivity index (χ3n) is 4.56. The number of fused-ring (bicyclic) bond motifs is 1. The van der Waals surface area contributed by atoms with E-state index >= 15 is 0 Å². The highest BCUT2D eigenvalue weighted by molar-refractivity contribution is 6.34. The molecule has 6 heteroatoms. The van der Waals surface area contributed by atoms with Gasteiger partial charge in [-0.1, -0.05) is 17.7 Å². The predicted molar refractivity (Wildman–Crippen MR) is 84.7 cm³/mol. The van der Waals surface area contributed by atoms with Crippen molar-refractivity contribution in [3.63, 3.8) is 0 Å². The van der Waals surface area contributed by atoms with Gasteiger partial charge >= 0.3 is 0 Å². The number of rotatable bonds is 2. The van der Waals surface area contributed by atoms with Crippen LogP contribution in [0, 0.1) is 0 Å². The summed E-state index contributed by atoms with van der Waals surface area (Å²) in [5, 5.41) is 0.430. The van der Waals surface area contributed by atoms with Gasteiger partial charge in [-0.3, -0.25) is 9.69 Å². The van der Waals surface area contributed by atoms with Crippen LogP contribution < -0.4 is 4.74 Å². The van der Waals surface area contributed by atoms with E-state index in [1.165, 1.54) is 0 Å². The molecule has 2 fully saturated rings. The maximum atomic E-state index is 12.9. The van der Waals surface area contributed by atoms with E-state index < -0.39 is 0 Å². The Morgan fingerprint density at radius 2 is 2.23 bits per heavy atom. The highest BCUT2D eigenvalue weighted by Gasteiger charge is 2.37. The summed E-state index contributed by atoms with van der Waals surface area (Å²) in [6.45, 7) is 3.01. The van der Waals surface area contributed by atoms with Crippen LogP contribution in [0.25, 0.3) is 0 Å². The zero-order valence-corrected chi connectivity index (χ0v) is 13.7. The first-order valence-electron chi connectivity index (χ1n) is 7.55. The maximum absolute atomic E-state index is 12.9. The molecule has 1 aromatic carbocycles. The van der Waals surface area contributed by atoms with Crippen molar-refractivity contribution in [2.75, 3.05) is 40.4 Å². The number of hydrogen-bond acceptors (Lipinski definition) is 4. The van der Waals surface area contributed by atoms with Crippen molar-refractivity contribution in [2.24, 2.45) is 0 Å². The normalized spacial score (nSPS) is 25.7. The lowest BCUT2D eigenvalue weighted by Gasteiger charge is -2.45. The molecule has 2 aliphatic heterocycles. The summed E-state index contributed by atoms with van der Waals surface area (Å²) in [6, 6.07) is 5.52. The maximum Gasteiger partial charge on any atom is 0.259 e. The minimum atomic E-state index is -0.0696. The fourth-order valence-corrected chi connectivity index (χ4v) is 3.51. The lowest BCUT2D eigenvalue weighted by atomic mass is 9.98. The molecule has 2 aliphatic rings. The predicted octanol–water partition coefficient (Wildman–Crippen LogP) is 1.89. The number of ether oxygens (including phenoxy) is 2. The van der Waals surface area contributed by atoms with Gasteiger partial charge in [0, 0.05) is 19.6 Å². The van der Waals surface area contributed by atoms with E-state index in [2.05, 4.69) is 11.9 Å². The summed E-state index contributed by atoms with van der Waals surface area (Å²) in [5.74, 6) is 0.452. The second kappa shape index (κ2) is 6.44. The van der Waals surface area contributed by atoms with Crippen molar-refractivity contribution >= 4 is 17.5 Å². The number of hydrogen-bond donors (Lipinski definition) is 0. The van der Waals surface area contributed by atoms with E-state index in [0.29, 0.717) is 29.4 Å². The van der Waals surface area contributed by atoms with Gasteiger partial charge in [0.1, 0.15) is 11.3 Å². The number of nitrogens with zero attached hydrogens (tertiary/aromatic N) is 2. The molecule has 0 spiro atoms. The molecule has 0 bridgehead atoms. The van der Waals surface area contributed by atoms with Crippen molar-refractivity contribution in [1.82, 2.24) is 9.80 Å². The van der Waals surface area contributed by atoms with Crippen LogP contribution >= 0.6 is 11.6 Å². The lowest BCUT2D eigenvalue weighted by Crippen LogP contribution is -2.59. The Balaban J connectivity index is 1.81. The van der Waals surface area contributed by atoms with Gasteiger partial charge in [0.15, 0.2) is 0 Å². The Labute approximate surface area is 135 Å². The number of likely N-dealkylation sites (tertiary alicyclic amines) is 1. The average molecular weight is 325 g/mol.